The van der Waals surface area contributed by atoms with E-state index in [1.165, 1.54) is 0 Å². The molecule has 33 heavy (non-hydrogen) atoms. The Bertz CT molecular complexity index is 1300. The van der Waals surface area contributed by atoms with E-state index in [0.717, 1.165) is 65.3 Å². The van der Waals surface area contributed by atoms with Gasteiger partial charge in [-0.2, -0.15) is 0 Å². The van der Waals surface area contributed by atoms with Gasteiger partial charge in [-0.1, -0.05) is 18.2 Å². The number of nitrogens with zero attached hydrogens (tertiary/aromatic N) is 5. The third-order valence-electron chi connectivity index (χ3n) is 6.16. The molecule has 0 saturated carbocycles. The van der Waals surface area contributed by atoms with Gasteiger partial charge < -0.3 is 15.1 Å². The highest BCUT2D eigenvalue weighted by Gasteiger charge is 2.21. The first-order chi connectivity index (χ1) is 16.1. The van der Waals surface area contributed by atoms with Gasteiger partial charge in [0.15, 0.2) is 0 Å². The third kappa shape index (κ3) is 4.27. The van der Waals surface area contributed by atoms with Crippen molar-refractivity contribution in [1.29, 1.82) is 0 Å². The minimum absolute atomic E-state index is 0.0692. The number of fused-ring (bicyclic) bond motifs is 1. The fraction of sp³-hybridized carbons (Fsp3) is 0.231. The molecule has 1 amide bonds. The van der Waals surface area contributed by atoms with Crippen LogP contribution in [0.5, 0.6) is 0 Å². The normalized spacial score (nSPS) is 14.4. The number of benzene rings is 2. The average molecular weight is 439 g/mol. The van der Waals surface area contributed by atoms with Crippen LogP contribution in [0.15, 0.2) is 67.1 Å². The van der Waals surface area contributed by atoms with Gasteiger partial charge in [0.2, 0.25) is 0 Å². The molecular formula is C26H26N6O. The van der Waals surface area contributed by atoms with Crippen LogP contribution < -0.4 is 5.32 Å². The quantitative estimate of drug-likeness (QED) is 0.523. The lowest BCUT2D eigenvalue weighted by atomic mass is 10.00. The molecule has 7 nitrogen and oxygen atoms in total. The maximum absolute atomic E-state index is 13.1. The van der Waals surface area contributed by atoms with E-state index < -0.39 is 0 Å². The van der Waals surface area contributed by atoms with Crippen molar-refractivity contribution in [3.05, 3.63) is 72.7 Å². The molecule has 166 valence electrons. The summed E-state index contributed by atoms with van der Waals surface area (Å²) in [6, 6.07) is 17.9. The number of hydrogen-bond acceptors (Lipinski definition) is 6. The summed E-state index contributed by atoms with van der Waals surface area (Å²) in [6.07, 6.45) is 3.43. The van der Waals surface area contributed by atoms with Gasteiger partial charge in [0.25, 0.3) is 5.91 Å². The molecule has 0 aliphatic carbocycles. The van der Waals surface area contributed by atoms with Crippen molar-refractivity contribution in [3.63, 3.8) is 0 Å². The SMILES string of the molecule is CNc1ccc(-c2ccc3ncnc(-c4cccc(C(=O)N5CCN(C)CC5)c4)c3c2)cn1. The van der Waals surface area contributed by atoms with Gasteiger partial charge in [-0.25, -0.2) is 15.0 Å². The molecule has 1 fully saturated rings. The summed E-state index contributed by atoms with van der Waals surface area (Å²) >= 11 is 0. The Kier molecular flexibility index (Phi) is 5.71. The molecule has 0 radical (unpaired) electrons. The number of hydrogen-bond donors (Lipinski definition) is 1. The van der Waals surface area contributed by atoms with Crippen molar-refractivity contribution in [3.8, 4) is 22.4 Å². The smallest absolute Gasteiger partial charge is 0.253 e. The van der Waals surface area contributed by atoms with E-state index in [1.807, 2.05) is 66.7 Å². The molecule has 2 aromatic carbocycles. The van der Waals surface area contributed by atoms with E-state index in [-0.39, 0.29) is 5.91 Å². The second-order valence-electron chi connectivity index (χ2n) is 8.31. The Hall–Kier alpha value is -3.84. The van der Waals surface area contributed by atoms with Crippen LogP contribution in [0.2, 0.25) is 0 Å². The maximum Gasteiger partial charge on any atom is 0.253 e. The van der Waals surface area contributed by atoms with E-state index in [9.17, 15) is 4.79 Å². The second-order valence-corrected chi connectivity index (χ2v) is 8.31. The first-order valence-electron chi connectivity index (χ1n) is 11.1. The lowest BCUT2D eigenvalue weighted by Gasteiger charge is -2.32. The summed E-state index contributed by atoms with van der Waals surface area (Å²) in [5.41, 5.74) is 5.33. The number of anilines is 1. The highest BCUT2D eigenvalue weighted by atomic mass is 16.2. The Balaban J connectivity index is 1.51. The molecule has 0 bridgehead atoms. The molecule has 0 spiro atoms. The van der Waals surface area contributed by atoms with Gasteiger partial charge >= 0.3 is 0 Å². The fourth-order valence-electron chi connectivity index (χ4n) is 4.17. The number of carbonyl (C=O) groups is 1. The molecule has 7 heteroatoms. The van der Waals surface area contributed by atoms with Gasteiger partial charge in [-0.15, -0.1) is 0 Å². The fourth-order valence-corrected chi connectivity index (χ4v) is 4.17. The third-order valence-corrected chi connectivity index (χ3v) is 6.16. The van der Waals surface area contributed by atoms with Crippen LogP contribution in [0.3, 0.4) is 0 Å². The van der Waals surface area contributed by atoms with Crippen LogP contribution in [-0.4, -0.2) is 70.9 Å². The van der Waals surface area contributed by atoms with Crippen molar-refractivity contribution in [2.24, 2.45) is 0 Å². The van der Waals surface area contributed by atoms with Crippen molar-refractivity contribution in [1.82, 2.24) is 24.8 Å². The molecular weight excluding hydrogens is 412 g/mol. The number of pyridine rings is 1. The number of aromatic nitrogens is 3. The summed E-state index contributed by atoms with van der Waals surface area (Å²) in [5, 5.41) is 3.98. The Morgan fingerprint density at radius 3 is 2.45 bits per heavy atom. The van der Waals surface area contributed by atoms with Crippen LogP contribution in [0.4, 0.5) is 5.82 Å². The molecule has 4 aromatic rings. The molecule has 3 heterocycles. The molecule has 0 unspecified atom stereocenters. The van der Waals surface area contributed by atoms with E-state index >= 15 is 0 Å². The molecule has 1 saturated heterocycles. The first kappa shape index (κ1) is 21.0. The van der Waals surface area contributed by atoms with Crippen molar-refractivity contribution in [2.45, 2.75) is 0 Å². The van der Waals surface area contributed by atoms with E-state index in [1.54, 1.807) is 6.33 Å². The first-order valence-corrected chi connectivity index (χ1v) is 11.1. The number of rotatable bonds is 4. The topological polar surface area (TPSA) is 74.2 Å². The number of nitrogens with one attached hydrogen (secondary N) is 1. The largest absolute Gasteiger partial charge is 0.373 e. The molecule has 1 N–H and O–H groups in total. The van der Waals surface area contributed by atoms with Crippen LogP contribution in [-0.2, 0) is 0 Å². The minimum Gasteiger partial charge on any atom is -0.373 e. The monoisotopic (exact) mass is 438 g/mol. The highest BCUT2D eigenvalue weighted by Crippen LogP contribution is 2.30. The zero-order chi connectivity index (χ0) is 22.8. The predicted octanol–water partition coefficient (Wildman–Crippen LogP) is 3.79. The standard InChI is InChI=1S/C26H26N6O/c1-27-24-9-7-21(16-28-24)18-6-8-23-22(15-18)25(30-17-29-23)19-4-3-5-20(14-19)26(33)32-12-10-31(2)11-13-32/h3-9,14-17H,10-13H2,1-2H3,(H,27,28). The summed E-state index contributed by atoms with van der Waals surface area (Å²) in [6.45, 7) is 3.29. The van der Waals surface area contributed by atoms with Gasteiger partial charge in [-0.3, -0.25) is 4.79 Å². The summed E-state index contributed by atoms with van der Waals surface area (Å²) < 4.78 is 0. The number of piperazine rings is 1. The molecule has 2 aromatic heterocycles. The van der Waals surface area contributed by atoms with E-state index in [4.69, 9.17) is 0 Å². The van der Waals surface area contributed by atoms with Crippen molar-refractivity contribution < 1.29 is 4.79 Å². The van der Waals surface area contributed by atoms with E-state index in [0.29, 0.717) is 5.56 Å². The number of likely N-dealkylation sites (N-methyl/N-ethyl adjacent to an activating group) is 1. The van der Waals surface area contributed by atoms with Crippen molar-refractivity contribution in [2.75, 3.05) is 45.6 Å². The Labute approximate surface area is 193 Å². The van der Waals surface area contributed by atoms with Crippen LogP contribution in [0.1, 0.15) is 10.4 Å². The van der Waals surface area contributed by atoms with Crippen LogP contribution >= 0.6 is 0 Å². The molecule has 0 atom stereocenters. The molecule has 1 aliphatic heterocycles. The molecule has 1 aliphatic rings. The predicted molar refractivity (Wildman–Crippen MR) is 131 cm³/mol. The Morgan fingerprint density at radius 1 is 0.879 bits per heavy atom. The van der Waals surface area contributed by atoms with Crippen molar-refractivity contribution >= 4 is 22.6 Å². The maximum atomic E-state index is 13.1. The average Bonchev–Trinajstić information content (AvgIpc) is 2.88. The lowest BCUT2D eigenvalue weighted by molar-refractivity contribution is 0.0664. The second kappa shape index (κ2) is 8.96. The van der Waals surface area contributed by atoms with Gasteiger partial charge in [0, 0.05) is 61.5 Å². The number of amides is 1. The van der Waals surface area contributed by atoms with Gasteiger partial charge in [-0.05, 0) is 49.0 Å². The summed E-state index contributed by atoms with van der Waals surface area (Å²) in [7, 11) is 3.94. The summed E-state index contributed by atoms with van der Waals surface area (Å²) in [4.78, 5) is 30.7. The van der Waals surface area contributed by atoms with Gasteiger partial charge in [0.1, 0.15) is 12.1 Å². The van der Waals surface area contributed by atoms with E-state index in [2.05, 4.69) is 38.3 Å². The van der Waals surface area contributed by atoms with Gasteiger partial charge in [0.05, 0.1) is 11.2 Å². The number of carbonyl (C=O) groups excluding carboxylic acids is 1. The zero-order valence-electron chi connectivity index (χ0n) is 18.8. The van der Waals surface area contributed by atoms with Crippen LogP contribution in [0.25, 0.3) is 33.3 Å². The highest BCUT2D eigenvalue weighted by molar-refractivity contribution is 5.98. The lowest BCUT2D eigenvalue weighted by Crippen LogP contribution is -2.47. The summed E-state index contributed by atoms with van der Waals surface area (Å²) in [5.74, 6) is 0.894. The van der Waals surface area contributed by atoms with Crippen LogP contribution in [0, 0.1) is 0 Å². The Morgan fingerprint density at radius 2 is 1.70 bits per heavy atom. The zero-order valence-corrected chi connectivity index (χ0v) is 18.8. The molecule has 5 rings (SSSR count). The minimum atomic E-state index is 0.0692.